The molecule has 0 saturated heterocycles. The summed E-state index contributed by atoms with van der Waals surface area (Å²) < 4.78 is 5.45. The molecule has 3 nitrogen and oxygen atoms in total. The summed E-state index contributed by atoms with van der Waals surface area (Å²) in [5.74, 6) is 0.613. The molecule has 0 aromatic heterocycles. The minimum Gasteiger partial charge on any atom is -0.462 e. The molecule has 2 saturated carbocycles. The molecule has 3 atom stereocenters. The Bertz CT molecular complexity index is 310. The lowest BCUT2D eigenvalue weighted by atomic mass is 9.59. The van der Waals surface area contributed by atoms with Crippen molar-refractivity contribution in [3.8, 4) is 0 Å². The van der Waals surface area contributed by atoms with Gasteiger partial charge in [0.2, 0.25) is 0 Å². The number of carbonyl (C=O) groups excluding carboxylic acids is 2. The highest BCUT2D eigenvalue weighted by Crippen LogP contribution is 2.50. The van der Waals surface area contributed by atoms with Gasteiger partial charge in [-0.1, -0.05) is 6.92 Å². The van der Waals surface area contributed by atoms with Crippen LogP contribution in [0.1, 0.15) is 52.4 Å². The summed E-state index contributed by atoms with van der Waals surface area (Å²) in [4.78, 5) is 22.6. The lowest BCUT2D eigenvalue weighted by Gasteiger charge is -2.49. The molecule has 16 heavy (non-hydrogen) atoms. The van der Waals surface area contributed by atoms with Crippen molar-refractivity contribution in [3.63, 3.8) is 0 Å². The molecule has 0 heterocycles. The van der Waals surface area contributed by atoms with Crippen molar-refractivity contribution in [1.29, 1.82) is 0 Å². The molecule has 0 aliphatic heterocycles. The van der Waals surface area contributed by atoms with E-state index in [1.807, 2.05) is 0 Å². The van der Waals surface area contributed by atoms with Crippen LogP contribution in [0.2, 0.25) is 0 Å². The Morgan fingerprint density at radius 1 is 1.44 bits per heavy atom. The van der Waals surface area contributed by atoms with Gasteiger partial charge >= 0.3 is 5.97 Å². The number of hydrogen-bond acceptors (Lipinski definition) is 3. The van der Waals surface area contributed by atoms with Gasteiger partial charge in [0.1, 0.15) is 11.9 Å². The predicted molar refractivity (Wildman–Crippen MR) is 59.9 cm³/mol. The number of esters is 1. The SMILES string of the molecule is CC(=O)O[C@@H]1CCC[C@@H]2CC(=O)CC[C@]21C. The molecular formula is C13H20O3. The van der Waals surface area contributed by atoms with E-state index in [0.717, 1.165) is 25.7 Å². The van der Waals surface area contributed by atoms with Crippen molar-refractivity contribution < 1.29 is 14.3 Å². The summed E-state index contributed by atoms with van der Waals surface area (Å²) in [6.07, 6.45) is 5.40. The van der Waals surface area contributed by atoms with Gasteiger partial charge in [-0.05, 0) is 31.6 Å². The molecular weight excluding hydrogens is 204 g/mol. The predicted octanol–water partition coefficient (Wildman–Crippen LogP) is 2.48. The highest BCUT2D eigenvalue weighted by Gasteiger charge is 2.48. The summed E-state index contributed by atoms with van der Waals surface area (Å²) in [5, 5.41) is 0. The zero-order chi connectivity index (χ0) is 11.8. The largest absolute Gasteiger partial charge is 0.462 e. The van der Waals surface area contributed by atoms with Crippen LogP contribution in [-0.2, 0) is 14.3 Å². The number of ketones is 1. The fraction of sp³-hybridized carbons (Fsp3) is 0.846. The average molecular weight is 224 g/mol. The van der Waals surface area contributed by atoms with Crippen LogP contribution >= 0.6 is 0 Å². The first-order chi connectivity index (χ1) is 7.52. The summed E-state index contributed by atoms with van der Waals surface area (Å²) in [6.45, 7) is 3.66. The van der Waals surface area contributed by atoms with Gasteiger partial charge in [0, 0.05) is 25.2 Å². The highest BCUT2D eigenvalue weighted by atomic mass is 16.5. The maximum atomic E-state index is 11.5. The van der Waals surface area contributed by atoms with E-state index in [4.69, 9.17) is 4.74 Å². The van der Waals surface area contributed by atoms with Gasteiger partial charge in [-0.3, -0.25) is 9.59 Å². The Labute approximate surface area is 96.5 Å². The molecule has 0 spiro atoms. The summed E-state index contributed by atoms with van der Waals surface area (Å²) >= 11 is 0. The van der Waals surface area contributed by atoms with E-state index in [-0.39, 0.29) is 17.5 Å². The lowest BCUT2D eigenvalue weighted by Crippen LogP contribution is -2.48. The van der Waals surface area contributed by atoms with Crippen LogP contribution in [0.3, 0.4) is 0 Å². The Morgan fingerprint density at radius 2 is 2.19 bits per heavy atom. The number of carbonyl (C=O) groups is 2. The first kappa shape index (κ1) is 11.6. The maximum absolute atomic E-state index is 11.5. The zero-order valence-electron chi connectivity index (χ0n) is 10.1. The van der Waals surface area contributed by atoms with Crippen molar-refractivity contribution in [2.75, 3.05) is 0 Å². The van der Waals surface area contributed by atoms with E-state index in [9.17, 15) is 9.59 Å². The molecule has 0 bridgehead atoms. The summed E-state index contributed by atoms with van der Waals surface area (Å²) in [6, 6.07) is 0. The van der Waals surface area contributed by atoms with E-state index in [0.29, 0.717) is 24.5 Å². The Hall–Kier alpha value is -0.860. The van der Waals surface area contributed by atoms with E-state index < -0.39 is 0 Å². The minimum atomic E-state index is -0.191. The van der Waals surface area contributed by atoms with Crippen molar-refractivity contribution in [2.45, 2.75) is 58.5 Å². The van der Waals surface area contributed by atoms with Crippen LogP contribution in [0.4, 0.5) is 0 Å². The third kappa shape index (κ3) is 2.00. The Balaban J connectivity index is 2.15. The van der Waals surface area contributed by atoms with Crippen molar-refractivity contribution >= 4 is 11.8 Å². The van der Waals surface area contributed by atoms with Gasteiger partial charge in [0.25, 0.3) is 0 Å². The summed E-state index contributed by atoms with van der Waals surface area (Å²) in [7, 11) is 0. The normalized spacial score (nSPS) is 39.0. The second-order valence-corrected chi connectivity index (χ2v) is 5.47. The number of rotatable bonds is 1. The standard InChI is InChI=1S/C13H20O3/c1-9(14)16-12-5-3-4-10-8-11(15)6-7-13(10,12)2/h10,12H,3-8H2,1-2H3/t10-,12-,13-/m1/s1. The summed E-state index contributed by atoms with van der Waals surface area (Å²) in [5.41, 5.74) is 0.0395. The van der Waals surface area contributed by atoms with Crippen LogP contribution in [0.25, 0.3) is 0 Å². The number of Topliss-reactive ketones (excluding diaryl/α,β-unsaturated/α-hetero) is 1. The minimum absolute atomic E-state index is 0.0249. The quantitative estimate of drug-likeness (QED) is 0.643. The molecule has 90 valence electrons. The fourth-order valence-corrected chi connectivity index (χ4v) is 3.35. The van der Waals surface area contributed by atoms with E-state index in [1.54, 1.807) is 0 Å². The molecule has 0 aromatic carbocycles. The molecule has 2 rings (SSSR count). The van der Waals surface area contributed by atoms with E-state index >= 15 is 0 Å². The van der Waals surface area contributed by atoms with E-state index in [2.05, 4.69) is 6.92 Å². The first-order valence-electron chi connectivity index (χ1n) is 6.21. The smallest absolute Gasteiger partial charge is 0.302 e. The molecule has 0 aromatic rings. The van der Waals surface area contributed by atoms with Gasteiger partial charge in [-0.25, -0.2) is 0 Å². The molecule has 0 N–H and O–H groups in total. The van der Waals surface area contributed by atoms with Crippen LogP contribution < -0.4 is 0 Å². The van der Waals surface area contributed by atoms with Crippen LogP contribution in [0.15, 0.2) is 0 Å². The van der Waals surface area contributed by atoms with Crippen molar-refractivity contribution in [3.05, 3.63) is 0 Å². The van der Waals surface area contributed by atoms with Gasteiger partial charge in [0.05, 0.1) is 0 Å². The number of ether oxygens (including phenoxy) is 1. The Morgan fingerprint density at radius 3 is 2.88 bits per heavy atom. The monoisotopic (exact) mass is 224 g/mol. The van der Waals surface area contributed by atoms with Crippen LogP contribution in [0.5, 0.6) is 0 Å². The lowest BCUT2D eigenvalue weighted by molar-refractivity contribution is -0.164. The third-order valence-electron chi connectivity index (χ3n) is 4.41. The van der Waals surface area contributed by atoms with Crippen molar-refractivity contribution in [1.82, 2.24) is 0 Å². The van der Waals surface area contributed by atoms with E-state index in [1.165, 1.54) is 6.92 Å². The zero-order valence-corrected chi connectivity index (χ0v) is 10.1. The average Bonchev–Trinajstić information content (AvgIpc) is 2.20. The third-order valence-corrected chi connectivity index (χ3v) is 4.41. The van der Waals surface area contributed by atoms with Crippen molar-refractivity contribution in [2.24, 2.45) is 11.3 Å². The Kier molecular flexibility index (Phi) is 3.04. The molecule has 0 radical (unpaired) electrons. The topological polar surface area (TPSA) is 43.4 Å². The first-order valence-corrected chi connectivity index (χ1v) is 6.21. The van der Waals surface area contributed by atoms with Crippen LogP contribution in [-0.4, -0.2) is 17.9 Å². The fourth-order valence-electron chi connectivity index (χ4n) is 3.35. The highest BCUT2D eigenvalue weighted by molar-refractivity contribution is 5.79. The molecule has 0 amide bonds. The number of hydrogen-bond donors (Lipinski definition) is 0. The second kappa shape index (κ2) is 4.19. The second-order valence-electron chi connectivity index (χ2n) is 5.47. The number of fused-ring (bicyclic) bond motifs is 1. The molecule has 2 aliphatic rings. The molecule has 2 aliphatic carbocycles. The van der Waals surface area contributed by atoms with Crippen LogP contribution in [0, 0.1) is 11.3 Å². The molecule has 2 fully saturated rings. The maximum Gasteiger partial charge on any atom is 0.302 e. The van der Waals surface area contributed by atoms with Gasteiger partial charge in [0.15, 0.2) is 0 Å². The molecule has 0 unspecified atom stereocenters. The molecule has 3 heteroatoms. The van der Waals surface area contributed by atoms with Gasteiger partial charge in [-0.15, -0.1) is 0 Å². The van der Waals surface area contributed by atoms with Gasteiger partial charge < -0.3 is 4.74 Å². The van der Waals surface area contributed by atoms with Gasteiger partial charge in [-0.2, -0.15) is 0 Å².